The fourth-order valence-electron chi connectivity index (χ4n) is 4.48. The molecule has 0 amide bonds. The number of allylic oxidation sites excluding steroid dienone is 5. The molecule has 3 heterocycles. The number of nitrogens with zero attached hydrogens (tertiary/aromatic N) is 3. The van der Waals surface area contributed by atoms with Crippen LogP contribution in [0, 0.1) is 24.7 Å². The molecular weight excluding hydrogens is 398 g/mol. The number of aryl methyl sites for hydroxylation is 1. The smallest absolute Gasteiger partial charge is 0.115 e. The molecule has 2 aromatic rings. The molecule has 4 heteroatoms. The van der Waals surface area contributed by atoms with Crippen LogP contribution in [0.4, 0.5) is 0 Å². The lowest BCUT2D eigenvalue weighted by Crippen LogP contribution is -2.31. The normalized spacial score (nSPS) is 19.6. The van der Waals surface area contributed by atoms with E-state index in [-0.39, 0.29) is 5.92 Å². The molecule has 31 heavy (non-hydrogen) atoms. The molecule has 1 atom stereocenters. The lowest BCUT2D eigenvalue weighted by Gasteiger charge is -2.30. The Hall–Kier alpha value is -2.74. The van der Waals surface area contributed by atoms with Gasteiger partial charge in [0.2, 0.25) is 0 Å². The van der Waals surface area contributed by atoms with Crippen LogP contribution >= 0.6 is 11.3 Å². The minimum Gasteiger partial charge on any atom is -0.297 e. The van der Waals surface area contributed by atoms with Crippen LogP contribution in [-0.4, -0.2) is 28.0 Å². The van der Waals surface area contributed by atoms with Gasteiger partial charge in [-0.1, -0.05) is 42.7 Å². The summed E-state index contributed by atoms with van der Waals surface area (Å²) in [7, 11) is 0. The Balaban J connectivity index is 1.59. The van der Waals surface area contributed by atoms with E-state index in [0.717, 1.165) is 56.7 Å². The SMILES string of the molecule is C=C/C=C\C#CC1CCC(=C)c2sccc2C1=C1CCN(Cc2cc(C)ncn2)CC1. The maximum absolute atomic E-state index is 4.44. The van der Waals surface area contributed by atoms with E-state index in [1.807, 2.05) is 30.4 Å². The van der Waals surface area contributed by atoms with Crippen molar-refractivity contribution in [2.45, 2.75) is 39.2 Å². The van der Waals surface area contributed by atoms with Crippen molar-refractivity contribution in [1.29, 1.82) is 0 Å². The third-order valence-electron chi connectivity index (χ3n) is 6.02. The third kappa shape index (κ3) is 5.12. The summed E-state index contributed by atoms with van der Waals surface area (Å²) in [6.07, 6.45) is 11.5. The number of hydrogen-bond donors (Lipinski definition) is 0. The highest BCUT2D eigenvalue weighted by Gasteiger charge is 2.28. The van der Waals surface area contributed by atoms with Crippen molar-refractivity contribution >= 4 is 22.5 Å². The first kappa shape index (κ1) is 21.5. The minimum absolute atomic E-state index is 0.258. The van der Waals surface area contributed by atoms with Crippen molar-refractivity contribution in [2.24, 2.45) is 5.92 Å². The van der Waals surface area contributed by atoms with Gasteiger partial charge < -0.3 is 0 Å². The maximum Gasteiger partial charge on any atom is 0.115 e. The number of hydrogen-bond acceptors (Lipinski definition) is 4. The van der Waals surface area contributed by atoms with Gasteiger partial charge >= 0.3 is 0 Å². The van der Waals surface area contributed by atoms with Crippen molar-refractivity contribution in [2.75, 3.05) is 13.1 Å². The Morgan fingerprint density at radius 2 is 2.10 bits per heavy atom. The average Bonchev–Trinajstić information content (AvgIpc) is 3.20. The van der Waals surface area contributed by atoms with Gasteiger partial charge in [-0.15, -0.1) is 11.3 Å². The summed E-state index contributed by atoms with van der Waals surface area (Å²) in [5.41, 5.74) is 7.79. The van der Waals surface area contributed by atoms with Gasteiger partial charge in [-0.2, -0.15) is 0 Å². The van der Waals surface area contributed by atoms with E-state index in [2.05, 4.69) is 57.4 Å². The summed E-state index contributed by atoms with van der Waals surface area (Å²) >= 11 is 1.82. The van der Waals surface area contributed by atoms with Gasteiger partial charge in [0.1, 0.15) is 6.33 Å². The molecule has 1 saturated heterocycles. The molecule has 1 aliphatic heterocycles. The van der Waals surface area contributed by atoms with E-state index in [9.17, 15) is 0 Å². The quantitative estimate of drug-likeness (QED) is 0.338. The van der Waals surface area contributed by atoms with Crippen molar-refractivity contribution in [1.82, 2.24) is 14.9 Å². The number of aromatic nitrogens is 2. The Bertz CT molecular complexity index is 1080. The number of rotatable bonds is 3. The van der Waals surface area contributed by atoms with E-state index < -0.39 is 0 Å². The zero-order chi connectivity index (χ0) is 21.6. The summed E-state index contributed by atoms with van der Waals surface area (Å²) in [6.45, 7) is 13.1. The predicted molar refractivity (Wildman–Crippen MR) is 131 cm³/mol. The Morgan fingerprint density at radius 1 is 1.26 bits per heavy atom. The van der Waals surface area contributed by atoms with Crippen molar-refractivity contribution in [3.63, 3.8) is 0 Å². The number of likely N-dealkylation sites (tertiary alicyclic amines) is 1. The molecular formula is C27H29N3S. The fraction of sp³-hybridized carbons (Fsp3) is 0.333. The van der Waals surface area contributed by atoms with E-state index in [0.29, 0.717) is 0 Å². The highest BCUT2D eigenvalue weighted by Crippen LogP contribution is 2.44. The van der Waals surface area contributed by atoms with Crippen LogP contribution in [0.25, 0.3) is 11.1 Å². The van der Waals surface area contributed by atoms with Gasteiger partial charge in [0.15, 0.2) is 0 Å². The van der Waals surface area contributed by atoms with Crippen molar-refractivity contribution < 1.29 is 0 Å². The standard InChI is InChI=1S/C27H29N3S/c1-4-5-6-7-8-22-10-9-20(2)27-25(13-16-31-27)26(22)23-11-14-30(15-12-23)18-24-17-21(3)28-19-29-24/h4-6,13,16-17,19,22H,1-2,9-12,14-15,18H2,3H3/b6-5-. The molecule has 0 aromatic carbocycles. The monoisotopic (exact) mass is 427 g/mol. The zero-order valence-corrected chi connectivity index (χ0v) is 19.0. The Kier molecular flexibility index (Phi) is 6.96. The minimum atomic E-state index is 0.258. The zero-order valence-electron chi connectivity index (χ0n) is 18.2. The summed E-state index contributed by atoms with van der Waals surface area (Å²) in [5, 5.41) is 2.20. The predicted octanol–water partition coefficient (Wildman–Crippen LogP) is 6.06. The Morgan fingerprint density at radius 3 is 2.87 bits per heavy atom. The topological polar surface area (TPSA) is 29.0 Å². The first-order chi connectivity index (χ1) is 15.2. The van der Waals surface area contributed by atoms with Gasteiger partial charge in [-0.3, -0.25) is 4.90 Å². The molecule has 1 fully saturated rings. The van der Waals surface area contributed by atoms with Crippen molar-refractivity contribution in [3.8, 4) is 11.8 Å². The summed E-state index contributed by atoms with van der Waals surface area (Å²) in [4.78, 5) is 12.5. The van der Waals surface area contributed by atoms with Gasteiger partial charge in [-0.05, 0) is 72.9 Å². The van der Waals surface area contributed by atoms with Crippen LogP contribution in [0.2, 0.25) is 0 Å². The molecule has 2 aromatic heterocycles. The number of piperidine rings is 1. The number of thiophene rings is 1. The van der Waals surface area contributed by atoms with Crippen LogP contribution in [0.15, 0.2) is 60.8 Å². The van der Waals surface area contributed by atoms with E-state index >= 15 is 0 Å². The second-order valence-electron chi connectivity index (χ2n) is 8.19. The van der Waals surface area contributed by atoms with E-state index in [1.54, 1.807) is 18.0 Å². The van der Waals surface area contributed by atoms with Crippen LogP contribution < -0.4 is 0 Å². The van der Waals surface area contributed by atoms with Gasteiger partial charge in [0.25, 0.3) is 0 Å². The average molecular weight is 428 g/mol. The third-order valence-corrected chi connectivity index (χ3v) is 7.04. The molecule has 0 saturated carbocycles. The lowest BCUT2D eigenvalue weighted by atomic mass is 9.84. The highest BCUT2D eigenvalue weighted by molar-refractivity contribution is 7.11. The van der Waals surface area contributed by atoms with Crippen molar-refractivity contribution in [3.05, 3.63) is 82.6 Å². The van der Waals surface area contributed by atoms with Crippen LogP contribution in [-0.2, 0) is 6.54 Å². The van der Waals surface area contributed by atoms with Crippen LogP contribution in [0.3, 0.4) is 0 Å². The molecule has 0 radical (unpaired) electrons. The lowest BCUT2D eigenvalue weighted by molar-refractivity contribution is 0.245. The molecule has 1 aliphatic carbocycles. The molecule has 0 N–H and O–H groups in total. The fourth-order valence-corrected chi connectivity index (χ4v) is 5.39. The molecule has 4 rings (SSSR count). The first-order valence-electron chi connectivity index (χ1n) is 10.9. The maximum atomic E-state index is 4.44. The summed E-state index contributed by atoms with van der Waals surface area (Å²) < 4.78 is 0. The van der Waals surface area contributed by atoms with Gasteiger partial charge in [-0.25, -0.2) is 9.97 Å². The second-order valence-corrected chi connectivity index (χ2v) is 9.10. The largest absolute Gasteiger partial charge is 0.297 e. The second kappa shape index (κ2) is 10.0. The molecule has 0 bridgehead atoms. The molecule has 158 valence electrons. The van der Waals surface area contributed by atoms with E-state index in [1.165, 1.54) is 21.6 Å². The van der Waals surface area contributed by atoms with Crippen LogP contribution in [0.5, 0.6) is 0 Å². The van der Waals surface area contributed by atoms with E-state index in [4.69, 9.17) is 0 Å². The Labute approximate surface area is 189 Å². The molecule has 3 nitrogen and oxygen atoms in total. The highest BCUT2D eigenvalue weighted by atomic mass is 32.1. The number of fused-ring (bicyclic) bond motifs is 1. The summed E-state index contributed by atoms with van der Waals surface area (Å²) in [5.74, 6) is 7.05. The molecule has 2 aliphatic rings. The molecule has 0 spiro atoms. The van der Waals surface area contributed by atoms with Crippen LogP contribution in [0.1, 0.15) is 47.5 Å². The first-order valence-corrected chi connectivity index (χ1v) is 11.8. The van der Waals surface area contributed by atoms with Gasteiger partial charge in [0, 0.05) is 36.1 Å². The van der Waals surface area contributed by atoms with Gasteiger partial charge in [0.05, 0.1) is 5.69 Å². The molecule has 1 unspecified atom stereocenters. The summed E-state index contributed by atoms with van der Waals surface area (Å²) in [6, 6.07) is 4.37.